The van der Waals surface area contributed by atoms with Gasteiger partial charge in [0.1, 0.15) is 12.1 Å². The van der Waals surface area contributed by atoms with E-state index < -0.39 is 12.1 Å². The van der Waals surface area contributed by atoms with Crippen LogP contribution in [0.15, 0.2) is 46.2 Å². The number of benzene rings is 2. The van der Waals surface area contributed by atoms with Crippen LogP contribution in [-0.4, -0.2) is 21.4 Å². The third-order valence-electron chi connectivity index (χ3n) is 4.56. The van der Waals surface area contributed by atoms with Crippen LogP contribution in [0.3, 0.4) is 0 Å². The molecule has 2 aromatic heterocycles. The Morgan fingerprint density at radius 3 is 2.57 bits per heavy atom. The van der Waals surface area contributed by atoms with E-state index in [0.29, 0.717) is 32.8 Å². The molecule has 9 heteroatoms. The van der Waals surface area contributed by atoms with Crippen molar-refractivity contribution >= 4 is 38.7 Å². The molecule has 0 amide bonds. The fourth-order valence-corrected chi connectivity index (χ4v) is 4.34. The minimum absolute atomic E-state index is 0.202. The van der Waals surface area contributed by atoms with Gasteiger partial charge in [0.2, 0.25) is 11.8 Å². The smallest absolute Gasteiger partial charge is 0.247 e. The Bertz CT molecular complexity index is 1300. The monoisotopic (exact) mass is 435 g/mol. The summed E-state index contributed by atoms with van der Waals surface area (Å²) in [6.07, 6.45) is -0.859. The fourth-order valence-electron chi connectivity index (χ4n) is 3.04. The van der Waals surface area contributed by atoms with Gasteiger partial charge in [-0.05, 0) is 43.3 Å². The first-order valence-corrected chi connectivity index (χ1v) is 10.2. The molecule has 2 N–H and O–H groups in total. The SMILES string of the molecule is C[C@H](O)[C@@H](Nc1ccc(C#N)c2scc(Cl)c12)c1nnc(-c2ccc(C#N)cc2)o1. The van der Waals surface area contributed by atoms with Crippen LogP contribution in [0.2, 0.25) is 5.02 Å². The second kappa shape index (κ2) is 8.13. The molecule has 0 spiro atoms. The molecule has 148 valence electrons. The summed E-state index contributed by atoms with van der Waals surface area (Å²) in [4.78, 5) is 0. The predicted octanol–water partition coefficient (Wildman–Crippen LogP) is 4.88. The molecule has 0 bridgehead atoms. The Morgan fingerprint density at radius 1 is 1.13 bits per heavy atom. The minimum Gasteiger partial charge on any atom is -0.418 e. The van der Waals surface area contributed by atoms with Crippen molar-refractivity contribution in [3.05, 3.63) is 63.8 Å². The molecule has 0 saturated carbocycles. The average molecular weight is 436 g/mol. The van der Waals surface area contributed by atoms with Gasteiger partial charge in [-0.1, -0.05) is 11.6 Å². The Kier molecular flexibility index (Phi) is 5.39. The van der Waals surface area contributed by atoms with Gasteiger partial charge < -0.3 is 14.8 Å². The molecule has 0 radical (unpaired) electrons. The average Bonchev–Trinajstić information content (AvgIpc) is 3.39. The number of fused-ring (bicyclic) bond motifs is 1. The van der Waals surface area contributed by atoms with Gasteiger partial charge >= 0.3 is 0 Å². The Balaban J connectivity index is 1.69. The predicted molar refractivity (Wildman–Crippen MR) is 114 cm³/mol. The van der Waals surface area contributed by atoms with Crippen molar-refractivity contribution in [1.29, 1.82) is 10.5 Å². The molecule has 2 heterocycles. The van der Waals surface area contributed by atoms with Crippen molar-refractivity contribution < 1.29 is 9.52 Å². The third-order valence-corrected chi connectivity index (χ3v) is 6.00. The molecule has 0 fully saturated rings. The third kappa shape index (κ3) is 3.60. The molecule has 4 aromatic rings. The van der Waals surface area contributed by atoms with Crippen LogP contribution in [-0.2, 0) is 0 Å². The normalized spacial score (nSPS) is 12.8. The zero-order chi connectivity index (χ0) is 21.3. The minimum atomic E-state index is -0.859. The number of hydrogen-bond donors (Lipinski definition) is 2. The zero-order valence-corrected chi connectivity index (χ0v) is 17.2. The van der Waals surface area contributed by atoms with E-state index in [-0.39, 0.29) is 11.8 Å². The van der Waals surface area contributed by atoms with Gasteiger partial charge in [-0.15, -0.1) is 21.5 Å². The highest BCUT2D eigenvalue weighted by molar-refractivity contribution is 7.18. The van der Waals surface area contributed by atoms with Crippen LogP contribution in [0, 0.1) is 22.7 Å². The molecule has 30 heavy (non-hydrogen) atoms. The zero-order valence-electron chi connectivity index (χ0n) is 15.6. The number of anilines is 1. The maximum Gasteiger partial charge on any atom is 0.247 e. The second-order valence-electron chi connectivity index (χ2n) is 6.56. The van der Waals surface area contributed by atoms with Gasteiger partial charge in [0.05, 0.1) is 33.0 Å². The van der Waals surface area contributed by atoms with Crippen LogP contribution in [0.25, 0.3) is 21.5 Å². The number of thiophene rings is 1. The summed E-state index contributed by atoms with van der Waals surface area (Å²) in [7, 11) is 0. The van der Waals surface area contributed by atoms with Crippen LogP contribution < -0.4 is 5.32 Å². The first-order valence-electron chi connectivity index (χ1n) is 8.90. The second-order valence-corrected chi connectivity index (χ2v) is 7.84. The fraction of sp³-hybridized carbons (Fsp3) is 0.143. The number of aliphatic hydroxyl groups is 1. The standard InChI is InChI=1S/C21H14ClN5O2S/c1-11(28)18(21-27-26-20(29-21)13-4-2-12(8-23)3-5-13)25-16-7-6-14(9-24)19-17(16)15(22)10-30-19/h2-7,10-11,18,25,28H,1H3/t11-,18+/m0/s1. The van der Waals surface area contributed by atoms with Gasteiger partial charge in [-0.2, -0.15) is 10.5 Å². The summed E-state index contributed by atoms with van der Waals surface area (Å²) in [6.45, 7) is 1.61. The van der Waals surface area contributed by atoms with Crippen molar-refractivity contribution in [3.63, 3.8) is 0 Å². The highest BCUT2D eigenvalue weighted by atomic mass is 35.5. The molecule has 0 aliphatic heterocycles. The van der Waals surface area contributed by atoms with E-state index in [1.807, 2.05) is 0 Å². The summed E-state index contributed by atoms with van der Waals surface area (Å²) in [5.74, 6) is 0.480. The number of nitrogens with zero attached hydrogens (tertiary/aromatic N) is 4. The summed E-state index contributed by atoms with van der Waals surface area (Å²) >= 11 is 7.73. The van der Waals surface area contributed by atoms with Crippen LogP contribution in [0.1, 0.15) is 30.0 Å². The van der Waals surface area contributed by atoms with E-state index in [1.165, 1.54) is 11.3 Å². The molecular weight excluding hydrogens is 422 g/mol. The molecule has 2 aromatic carbocycles. The lowest BCUT2D eigenvalue weighted by Crippen LogP contribution is -2.23. The van der Waals surface area contributed by atoms with E-state index in [1.54, 1.807) is 48.7 Å². The van der Waals surface area contributed by atoms with Crippen molar-refractivity contribution in [3.8, 4) is 23.6 Å². The maximum atomic E-state index is 10.4. The van der Waals surface area contributed by atoms with E-state index in [2.05, 4.69) is 27.7 Å². The highest BCUT2D eigenvalue weighted by Crippen LogP contribution is 2.39. The Morgan fingerprint density at radius 2 is 1.90 bits per heavy atom. The van der Waals surface area contributed by atoms with Crippen molar-refractivity contribution in [2.75, 3.05) is 5.32 Å². The van der Waals surface area contributed by atoms with Gasteiger partial charge in [0, 0.05) is 22.0 Å². The number of aliphatic hydroxyl groups excluding tert-OH is 1. The van der Waals surface area contributed by atoms with Gasteiger partial charge in [0.25, 0.3) is 0 Å². The molecule has 7 nitrogen and oxygen atoms in total. The number of hydrogen-bond acceptors (Lipinski definition) is 8. The topological polar surface area (TPSA) is 119 Å². The Labute approximate surface area is 180 Å². The molecule has 0 aliphatic rings. The molecule has 2 atom stereocenters. The molecule has 0 unspecified atom stereocenters. The first-order chi connectivity index (χ1) is 14.5. The molecule has 0 saturated heterocycles. The van der Waals surface area contributed by atoms with E-state index >= 15 is 0 Å². The number of aromatic nitrogens is 2. The lowest BCUT2D eigenvalue weighted by atomic mass is 10.1. The molecular formula is C21H14ClN5O2S. The molecule has 4 rings (SSSR count). The van der Waals surface area contributed by atoms with Gasteiger partial charge in [-0.25, -0.2) is 0 Å². The summed E-state index contributed by atoms with van der Waals surface area (Å²) < 4.78 is 6.56. The van der Waals surface area contributed by atoms with E-state index in [4.69, 9.17) is 21.3 Å². The van der Waals surface area contributed by atoms with E-state index in [0.717, 1.165) is 4.70 Å². The largest absolute Gasteiger partial charge is 0.418 e. The summed E-state index contributed by atoms with van der Waals surface area (Å²) in [5, 5.41) is 43.0. The number of nitrogens with one attached hydrogen (secondary N) is 1. The van der Waals surface area contributed by atoms with Crippen LogP contribution >= 0.6 is 22.9 Å². The van der Waals surface area contributed by atoms with Crippen molar-refractivity contribution in [2.24, 2.45) is 0 Å². The number of nitriles is 2. The lowest BCUT2D eigenvalue weighted by Gasteiger charge is -2.20. The summed E-state index contributed by atoms with van der Waals surface area (Å²) in [5.41, 5.74) is 2.37. The van der Waals surface area contributed by atoms with Gasteiger partial charge in [-0.3, -0.25) is 0 Å². The number of halogens is 1. The first kappa shape index (κ1) is 19.9. The maximum absolute atomic E-state index is 10.4. The van der Waals surface area contributed by atoms with Crippen LogP contribution in [0.5, 0.6) is 0 Å². The van der Waals surface area contributed by atoms with Crippen molar-refractivity contribution in [2.45, 2.75) is 19.1 Å². The highest BCUT2D eigenvalue weighted by Gasteiger charge is 2.25. The Hall–Kier alpha value is -3.43. The van der Waals surface area contributed by atoms with Crippen LogP contribution in [0.4, 0.5) is 5.69 Å². The quantitative estimate of drug-likeness (QED) is 0.458. The van der Waals surface area contributed by atoms with E-state index in [9.17, 15) is 10.4 Å². The molecule has 0 aliphatic carbocycles. The number of rotatable bonds is 5. The van der Waals surface area contributed by atoms with Gasteiger partial charge in [0.15, 0.2) is 0 Å². The lowest BCUT2D eigenvalue weighted by molar-refractivity contribution is 0.160. The van der Waals surface area contributed by atoms with Crippen molar-refractivity contribution in [1.82, 2.24) is 10.2 Å². The summed E-state index contributed by atoms with van der Waals surface area (Å²) in [6, 6.07) is 13.7.